The third-order valence-electron chi connectivity index (χ3n) is 13.4. The molecule has 12 aromatic rings. The zero-order valence-electron chi connectivity index (χ0n) is 31.8. The molecule has 2 aliphatic carbocycles. The maximum absolute atomic E-state index is 6.56. The topological polar surface area (TPSA) is 26.3 Å². The number of para-hydroxylation sites is 1. The predicted molar refractivity (Wildman–Crippen MR) is 243 cm³/mol. The summed E-state index contributed by atoms with van der Waals surface area (Å²) in [5.41, 5.74) is 18.4. The molecule has 0 atom stereocenters. The van der Waals surface area contributed by atoms with Crippen LogP contribution in [-0.4, -0.2) is 0 Å². The van der Waals surface area contributed by atoms with Crippen LogP contribution in [0.4, 0.5) is 0 Å². The molecule has 0 bridgehead atoms. The molecule has 272 valence electrons. The summed E-state index contributed by atoms with van der Waals surface area (Å²) in [6.07, 6.45) is 0. The Labute approximate surface area is 339 Å². The molecular weight excluding hydrogens is 717 g/mol. The lowest BCUT2D eigenvalue weighted by Gasteiger charge is -2.31. The van der Waals surface area contributed by atoms with E-state index >= 15 is 0 Å². The van der Waals surface area contributed by atoms with Gasteiger partial charge in [0.2, 0.25) is 0 Å². The Hall–Kier alpha value is -7.68. The second-order valence-electron chi connectivity index (χ2n) is 16.3. The van der Waals surface area contributed by atoms with E-state index in [-0.39, 0.29) is 0 Å². The van der Waals surface area contributed by atoms with Gasteiger partial charge in [-0.25, -0.2) is 0 Å². The molecule has 0 amide bonds. The fourth-order valence-corrected chi connectivity index (χ4v) is 11.1. The van der Waals surface area contributed by atoms with Crippen molar-refractivity contribution < 1.29 is 8.83 Å². The minimum atomic E-state index is -0.480. The Balaban J connectivity index is 1.12. The van der Waals surface area contributed by atoms with Gasteiger partial charge in [0.25, 0.3) is 0 Å². The summed E-state index contributed by atoms with van der Waals surface area (Å²) in [6.45, 7) is 0. The summed E-state index contributed by atoms with van der Waals surface area (Å²) in [7, 11) is 0. The average molecular weight is 749 g/mol. The number of rotatable bonds is 2. The predicted octanol–water partition coefficient (Wildman–Crippen LogP) is 15.5. The maximum atomic E-state index is 6.56. The highest BCUT2D eigenvalue weighted by atomic mass is 16.3. The van der Waals surface area contributed by atoms with Crippen molar-refractivity contribution in [2.24, 2.45) is 0 Å². The van der Waals surface area contributed by atoms with Crippen LogP contribution in [0, 0.1) is 0 Å². The van der Waals surface area contributed by atoms with Crippen molar-refractivity contribution in [3.8, 4) is 44.5 Å². The Morgan fingerprint density at radius 3 is 1.71 bits per heavy atom. The number of benzene rings is 10. The van der Waals surface area contributed by atoms with Crippen LogP contribution in [0.3, 0.4) is 0 Å². The normalized spacial score (nSPS) is 13.6. The summed E-state index contributed by atoms with van der Waals surface area (Å²) in [4.78, 5) is 0. The lowest BCUT2D eigenvalue weighted by atomic mass is 9.70. The summed E-state index contributed by atoms with van der Waals surface area (Å²) in [5, 5.41) is 9.36. The van der Waals surface area contributed by atoms with Gasteiger partial charge in [0.15, 0.2) is 0 Å². The second kappa shape index (κ2) is 11.2. The number of furan rings is 2. The molecule has 0 fully saturated rings. The van der Waals surface area contributed by atoms with Crippen molar-refractivity contribution in [2.75, 3.05) is 0 Å². The van der Waals surface area contributed by atoms with Crippen LogP contribution < -0.4 is 0 Å². The molecule has 2 nitrogen and oxygen atoms in total. The molecule has 0 aliphatic heterocycles. The number of hydrogen-bond acceptors (Lipinski definition) is 2. The molecule has 2 heterocycles. The quantitative estimate of drug-likeness (QED) is 0.176. The molecule has 0 radical (unpaired) electrons. The molecule has 2 aliphatic rings. The molecule has 2 aromatic heterocycles. The van der Waals surface area contributed by atoms with Gasteiger partial charge < -0.3 is 8.83 Å². The van der Waals surface area contributed by atoms with Crippen LogP contribution in [0.25, 0.3) is 110 Å². The van der Waals surface area contributed by atoms with E-state index in [0.29, 0.717) is 0 Å². The second-order valence-corrected chi connectivity index (χ2v) is 16.3. The molecule has 0 saturated heterocycles. The largest absolute Gasteiger partial charge is 0.456 e. The highest BCUT2D eigenvalue weighted by Crippen LogP contribution is 2.65. The maximum Gasteiger partial charge on any atom is 0.136 e. The van der Waals surface area contributed by atoms with Gasteiger partial charge in [-0.2, -0.15) is 0 Å². The lowest BCUT2D eigenvalue weighted by molar-refractivity contribution is 0.669. The molecule has 0 saturated carbocycles. The van der Waals surface area contributed by atoms with Gasteiger partial charge >= 0.3 is 0 Å². The first-order valence-electron chi connectivity index (χ1n) is 20.4. The monoisotopic (exact) mass is 748 g/mol. The number of hydrogen-bond donors (Lipinski definition) is 0. The first kappa shape index (κ1) is 31.4. The Morgan fingerprint density at radius 1 is 0.288 bits per heavy atom. The molecular formula is C57H32O2. The van der Waals surface area contributed by atoms with E-state index in [1.807, 2.05) is 6.07 Å². The molecule has 0 unspecified atom stereocenters. The van der Waals surface area contributed by atoms with Crippen LogP contribution in [-0.2, 0) is 5.41 Å². The van der Waals surface area contributed by atoms with Crippen LogP contribution in [0.1, 0.15) is 22.3 Å². The first-order chi connectivity index (χ1) is 29.2. The Bertz CT molecular complexity index is 3750. The van der Waals surface area contributed by atoms with Gasteiger partial charge in [0.1, 0.15) is 22.3 Å². The molecule has 1 spiro atoms. The van der Waals surface area contributed by atoms with E-state index < -0.39 is 5.41 Å². The summed E-state index contributed by atoms with van der Waals surface area (Å²) >= 11 is 0. The molecule has 0 N–H and O–H groups in total. The minimum Gasteiger partial charge on any atom is -0.456 e. The number of fused-ring (bicyclic) bond motifs is 18. The molecule has 2 heteroatoms. The van der Waals surface area contributed by atoms with Gasteiger partial charge in [-0.15, -0.1) is 0 Å². The minimum absolute atomic E-state index is 0.480. The van der Waals surface area contributed by atoms with Crippen LogP contribution in [0.2, 0.25) is 0 Å². The average Bonchev–Trinajstić information content (AvgIpc) is 4.02. The van der Waals surface area contributed by atoms with E-state index in [1.54, 1.807) is 0 Å². The van der Waals surface area contributed by atoms with Crippen LogP contribution >= 0.6 is 0 Å². The van der Waals surface area contributed by atoms with E-state index in [4.69, 9.17) is 8.83 Å². The van der Waals surface area contributed by atoms with Crippen molar-refractivity contribution in [2.45, 2.75) is 5.41 Å². The Kier molecular flexibility index (Phi) is 5.99. The lowest BCUT2D eigenvalue weighted by Crippen LogP contribution is -2.25. The van der Waals surface area contributed by atoms with Crippen LogP contribution in [0.5, 0.6) is 0 Å². The van der Waals surface area contributed by atoms with Gasteiger partial charge in [-0.05, 0) is 137 Å². The third-order valence-corrected chi connectivity index (χ3v) is 13.4. The molecule has 10 aromatic carbocycles. The molecule has 14 rings (SSSR count). The SMILES string of the molecule is c1ccc2c(c1)-c1ccccc1C21c2ccccc2-c2c1cc1cc(-c3cccc4oc5cc6ccccc6cc5c34)ccc1c2-c1ccc2oc3ccccc3c2c1. The van der Waals surface area contributed by atoms with Gasteiger partial charge in [0.05, 0.1) is 5.41 Å². The Morgan fingerprint density at radius 2 is 0.898 bits per heavy atom. The molecule has 59 heavy (non-hydrogen) atoms. The highest BCUT2D eigenvalue weighted by molar-refractivity contribution is 6.18. The third kappa shape index (κ3) is 4.00. The van der Waals surface area contributed by atoms with Crippen LogP contribution in [0.15, 0.2) is 203 Å². The van der Waals surface area contributed by atoms with Crippen molar-refractivity contribution in [3.05, 3.63) is 216 Å². The standard InChI is InChI=1S/C57H32O2/c1-2-13-34-32-53-45(29-33(34)12-1)55-38(18-11-23-52(55)59-53)35-24-26-39-37(28-35)31-49-56(54(39)36-25-27-51-44(30-36)42-16-6-10-22-50(42)58-51)43-17-5-9-21-48(43)57(49)46-19-7-3-14-40(46)41-15-4-8-20-47(41)57/h1-32H. The van der Waals surface area contributed by atoms with Gasteiger partial charge in [-0.3, -0.25) is 0 Å². The first-order valence-corrected chi connectivity index (χ1v) is 20.4. The fourth-order valence-electron chi connectivity index (χ4n) is 11.1. The van der Waals surface area contributed by atoms with E-state index in [1.165, 1.54) is 82.7 Å². The summed E-state index contributed by atoms with van der Waals surface area (Å²) in [5.74, 6) is 0. The van der Waals surface area contributed by atoms with E-state index in [2.05, 4.69) is 188 Å². The van der Waals surface area contributed by atoms with Crippen molar-refractivity contribution in [1.29, 1.82) is 0 Å². The zero-order chi connectivity index (χ0) is 38.4. The van der Waals surface area contributed by atoms with E-state index in [9.17, 15) is 0 Å². The van der Waals surface area contributed by atoms with E-state index in [0.717, 1.165) is 49.4 Å². The van der Waals surface area contributed by atoms with Gasteiger partial charge in [-0.1, -0.05) is 146 Å². The fraction of sp³-hybridized carbons (Fsp3) is 0.0175. The van der Waals surface area contributed by atoms with Gasteiger partial charge in [0, 0.05) is 21.5 Å². The summed E-state index contributed by atoms with van der Waals surface area (Å²) < 4.78 is 12.9. The van der Waals surface area contributed by atoms with Crippen molar-refractivity contribution in [3.63, 3.8) is 0 Å². The van der Waals surface area contributed by atoms with Crippen molar-refractivity contribution in [1.82, 2.24) is 0 Å². The highest BCUT2D eigenvalue weighted by Gasteiger charge is 2.52. The van der Waals surface area contributed by atoms with Crippen molar-refractivity contribution >= 4 is 65.4 Å². The smallest absolute Gasteiger partial charge is 0.136 e. The zero-order valence-corrected chi connectivity index (χ0v) is 31.8. The summed E-state index contributed by atoms with van der Waals surface area (Å²) in [6, 6.07) is 71.5.